The fourth-order valence-electron chi connectivity index (χ4n) is 2.35. The van der Waals surface area contributed by atoms with Crippen LogP contribution in [0.1, 0.15) is 45.2 Å². The topological polar surface area (TPSA) is 29.9 Å². The van der Waals surface area contributed by atoms with E-state index in [1.807, 2.05) is 6.20 Å². The van der Waals surface area contributed by atoms with E-state index < -0.39 is 0 Å². The highest BCUT2D eigenvalue weighted by atomic mass is 15.3. The van der Waals surface area contributed by atoms with Crippen molar-refractivity contribution in [3.05, 3.63) is 18.0 Å². The third-order valence-corrected chi connectivity index (χ3v) is 3.07. The average molecular weight is 221 g/mol. The van der Waals surface area contributed by atoms with E-state index in [9.17, 15) is 0 Å². The minimum Gasteiger partial charge on any atom is -0.317 e. The van der Waals surface area contributed by atoms with E-state index in [1.54, 1.807) is 0 Å². The molecule has 1 aliphatic heterocycles. The van der Waals surface area contributed by atoms with Gasteiger partial charge in [-0.1, -0.05) is 20.8 Å². The van der Waals surface area contributed by atoms with Gasteiger partial charge >= 0.3 is 0 Å². The highest BCUT2D eigenvalue weighted by molar-refractivity contribution is 5.07. The summed E-state index contributed by atoms with van der Waals surface area (Å²) in [6.07, 6.45) is 7.79. The Labute approximate surface area is 98.2 Å². The van der Waals surface area contributed by atoms with Gasteiger partial charge in [0, 0.05) is 6.20 Å². The van der Waals surface area contributed by atoms with Crippen LogP contribution in [0.4, 0.5) is 0 Å². The lowest BCUT2D eigenvalue weighted by molar-refractivity contribution is 0.342. The van der Waals surface area contributed by atoms with Gasteiger partial charge < -0.3 is 5.32 Å². The Hall–Kier alpha value is -0.830. The molecule has 2 rings (SSSR count). The maximum absolute atomic E-state index is 4.51. The zero-order valence-corrected chi connectivity index (χ0v) is 10.7. The first-order valence-corrected chi connectivity index (χ1v) is 6.28. The summed E-state index contributed by atoms with van der Waals surface area (Å²) >= 11 is 0. The molecule has 3 heteroatoms. The quantitative estimate of drug-likeness (QED) is 0.831. The Kier molecular flexibility index (Phi) is 3.33. The highest BCUT2D eigenvalue weighted by Gasteiger charge is 2.17. The Balaban J connectivity index is 2.01. The molecule has 0 atom stereocenters. The van der Waals surface area contributed by atoms with Crippen molar-refractivity contribution in [2.24, 2.45) is 5.41 Å². The van der Waals surface area contributed by atoms with Crippen molar-refractivity contribution in [2.75, 3.05) is 13.1 Å². The fraction of sp³-hybridized carbons (Fsp3) is 0.769. The third kappa shape index (κ3) is 3.08. The fourth-order valence-corrected chi connectivity index (χ4v) is 2.35. The van der Waals surface area contributed by atoms with Crippen LogP contribution >= 0.6 is 0 Å². The van der Waals surface area contributed by atoms with Gasteiger partial charge in [0.05, 0.1) is 12.2 Å². The largest absolute Gasteiger partial charge is 0.317 e. The summed E-state index contributed by atoms with van der Waals surface area (Å²) in [6.45, 7) is 9.07. The van der Waals surface area contributed by atoms with Crippen molar-refractivity contribution < 1.29 is 0 Å². The second kappa shape index (κ2) is 4.58. The van der Waals surface area contributed by atoms with E-state index in [-0.39, 0.29) is 0 Å². The van der Waals surface area contributed by atoms with Crippen molar-refractivity contribution >= 4 is 0 Å². The summed E-state index contributed by atoms with van der Waals surface area (Å²) in [4.78, 5) is 0. The molecule has 1 aliphatic rings. The van der Waals surface area contributed by atoms with Crippen LogP contribution in [0.5, 0.6) is 0 Å². The summed E-state index contributed by atoms with van der Waals surface area (Å²) < 4.78 is 2.17. The van der Waals surface area contributed by atoms with Gasteiger partial charge in [0.2, 0.25) is 0 Å². The standard InChI is InChI=1S/C13H23N3/c1-13(2,3)8-11-9-15-16(10-11)12-4-6-14-7-5-12/h9-10,12,14H,4-8H2,1-3H3. The van der Waals surface area contributed by atoms with Gasteiger partial charge in [-0.05, 0) is 43.3 Å². The van der Waals surface area contributed by atoms with Crippen LogP contribution in [0, 0.1) is 5.41 Å². The lowest BCUT2D eigenvalue weighted by atomic mass is 9.89. The number of hydrogen-bond acceptors (Lipinski definition) is 2. The predicted molar refractivity (Wildman–Crippen MR) is 66.5 cm³/mol. The van der Waals surface area contributed by atoms with E-state index in [0.29, 0.717) is 11.5 Å². The molecule has 0 unspecified atom stereocenters. The molecule has 0 aliphatic carbocycles. The van der Waals surface area contributed by atoms with E-state index in [4.69, 9.17) is 0 Å². The van der Waals surface area contributed by atoms with Crippen molar-refractivity contribution in [2.45, 2.75) is 46.1 Å². The lowest BCUT2D eigenvalue weighted by Gasteiger charge is -2.23. The van der Waals surface area contributed by atoms with Gasteiger partial charge in [0.15, 0.2) is 0 Å². The second-order valence-corrected chi connectivity index (χ2v) is 6.05. The van der Waals surface area contributed by atoms with Gasteiger partial charge in [0.1, 0.15) is 0 Å². The molecule has 90 valence electrons. The van der Waals surface area contributed by atoms with E-state index in [0.717, 1.165) is 19.5 Å². The van der Waals surface area contributed by atoms with Crippen LogP contribution < -0.4 is 5.32 Å². The number of piperidine rings is 1. The first-order chi connectivity index (χ1) is 7.54. The Bertz CT molecular complexity index is 329. The van der Waals surface area contributed by atoms with E-state index in [2.05, 4.69) is 42.1 Å². The second-order valence-electron chi connectivity index (χ2n) is 6.05. The number of rotatable bonds is 2. The van der Waals surface area contributed by atoms with Gasteiger partial charge in [0.25, 0.3) is 0 Å². The number of nitrogens with one attached hydrogen (secondary N) is 1. The summed E-state index contributed by atoms with van der Waals surface area (Å²) in [5, 5.41) is 7.90. The van der Waals surface area contributed by atoms with Gasteiger partial charge in [-0.2, -0.15) is 5.10 Å². The van der Waals surface area contributed by atoms with Crippen molar-refractivity contribution in [3.63, 3.8) is 0 Å². The molecule has 1 N–H and O–H groups in total. The molecular weight excluding hydrogens is 198 g/mol. The molecule has 3 nitrogen and oxygen atoms in total. The van der Waals surface area contributed by atoms with Crippen molar-refractivity contribution in [3.8, 4) is 0 Å². The minimum absolute atomic E-state index is 0.349. The number of nitrogens with zero attached hydrogens (tertiary/aromatic N) is 2. The lowest BCUT2D eigenvalue weighted by Crippen LogP contribution is -2.29. The predicted octanol–water partition coefficient (Wildman–Crippen LogP) is 2.40. The summed E-state index contributed by atoms with van der Waals surface area (Å²) in [6, 6.07) is 0.606. The first kappa shape index (κ1) is 11.6. The average Bonchev–Trinajstić information content (AvgIpc) is 2.65. The molecule has 1 aromatic rings. The van der Waals surface area contributed by atoms with Crippen LogP contribution in [-0.4, -0.2) is 22.9 Å². The zero-order chi connectivity index (χ0) is 11.6. The molecule has 0 radical (unpaired) electrons. The van der Waals surface area contributed by atoms with Crippen molar-refractivity contribution in [1.82, 2.24) is 15.1 Å². The van der Waals surface area contributed by atoms with Gasteiger partial charge in [-0.25, -0.2) is 0 Å². The molecule has 0 amide bonds. The van der Waals surface area contributed by atoms with Crippen LogP contribution in [0.15, 0.2) is 12.4 Å². The van der Waals surface area contributed by atoms with Crippen LogP contribution in [0.25, 0.3) is 0 Å². The molecule has 2 heterocycles. The Morgan fingerprint density at radius 1 is 1.38 bits per heavy atom. The van der Waals surface area contributed by atoms with Gasteiger partial charge in [-0.3, -0.25) is 4.68 Å². The van der Waals surface area contributed by atoms with Crippen LogP contribution in [0.2, 0.25) is 0 Å². The minimum atomic E-state index is 0.349. The smallest absolute Gasteiger partial charge is 0.0543 e. The van der Waals surface area contributed by atoms with E-state index >= 15 is 0 Å². The molecule has 0 saturated carbocycles. The molecule has 0 spiro atoms. The molecule has 1 fully saturated rings. The summed E-state index contributed by atoms with van der Waals surface area (Å²) in [5.74, 6) is 0. The number of hydrogen-bond donors (Lipinski definition) is 1. The third-order valence-electron chi connectivity index (χ3n) is 3.07. The SMILES string of the molecule is CC(C)(C)Cc1cnn(C2CCNCC2)c1. The highest BCUT2D eigenvalue weighted by Crippen LogP contribution is 2.22. The normalized spacial score (nSPS) is 18.9. The summed E-state index contributed by atoms with van der Waals surface area (Å²) in [7, 11) is 0. The van der Waals surface area contributed by atoms with Gasteiger partial charge in [-0.15, -0.1) is 0 Å². The first-order valence-electron chi connectivity index (χ1n) is 6.28. The Morgan fingerprint density at radius 3 is 2.69 bits per heavy atom. The van der Waals surface area contributed by atoms with Crippen LogP contribution in [0.3, 0.4) is 0 Å². The molecular formula is C13H23N3. The maximum Gasteiger partial charge on any atom is 0.0543 e. The number of aromatic nitrogens is 2. The molecule has 0 aromatic carbocycles. The van der Waals surface area contributed by atoms with E-state index in [1.165, 1.54) is 18.4 Å². The molecule has 0 bridgehead atoms. The van der Waals surface area contributed by atoms with Crippen LogP contribution in [-0.2, 0) is 6.42 Å². The summed E-state index contributed by atoms with van der Waals surface area (Å²) in [5.41, 5.74) is 1.72. The monoisotopic (exact) mass is 221 g/mol. The maximum atomic E-state index is 4.51. The molecule has 1 aromatic heterocycles. The molecule has 1 saturated heterocycles. The van der Waals surface area contributed by atoms with Crippen molar-refractivity contribution in [1.29, 1.82) is 0 Å². The Morgan fingerprint density at radius 2 is 2.06 bits per heavy atom. The molecule has 16 heavy (non-hydrogen) atoms. The zero-order valence-electron chi connectivity index (χ0n) is 10.7.